The molecule has 2 rings (SSSR count). The maximum atomic E-state index is 12.1. The topological polar surface area (TPSA) is 87.5 Å². The maximum absolute atomic E-state index is 12.1. The summed E-state index contributed by atoms with van der Waals surface area (Å²) in [6.45, 7) is 4.49. The van der Waals surface area contributed by atoms with Crippen molar-refractivity contribution in [2.75, 3.05) is 32.0 Å². The van der Waals surface area contributed by atoms with E-state index in [1.54, 1.807) is 13.0 Å². The molecule has 0 aliphatic carbocycles. The number of nitro benzene ring substituents is 1. The van der Waals surface area contributed by atoms with Crippen LogP contribution in [0.2, 0.25) is 0 Å². The molecule has 1 heterocycles. The summed E-state index contributed by atoms with van der Waals surface area (Å²) in [6, 6.07) is 4.97. The van der Waals surface area contributed by atoms with Crippen LogP contribution in [0.3, 0.4) is 0 Å². The number of benzene rings is 1. The lowest BCUT2D eigenvalue weighted by Gasteiger charge is -2.32. The van der Waals surface area contributed by atoms with E-state index < -0.39 is 4.92 Å². The lowest BCUT2D eigenvalue weighted by molar-refractivity contribution is -0.384. The molecule has 1 amide bonds. The van der Waals surface area contributed by atoms with E-state index in [0.717, 1.165) is 26.1 Å². The van der Waals surface area contributed by atoms with Crippen molar-refractivity contribution in [1.29, 1.82) is 0 Å². The molecule has 0 saturated carbocycles. The summed E-state index contributed by atoms with van der Waals surface area (Å²) in [7, 11) is 1.97. The first-order valence-corrected chi connectivity index (χ1v) is 7.94. The van der Waals surface area contributed by atoms with Crippen molar-refractivity contribution in [3.8, 4) is 0 Å². The number of aryl methyl sites for hydroxylation is 1. The molecule has 1 aromatic carbocycles. The molecule has 0 bridgehead atoms. The van der Waals surface area contributed by atoms with E-state index in [0.29, 0.717) is 23.7 Å². The maximum Gasteiger partial charge on any atom is 0.269 e. The number of carbonyl (C=O) groups is 1. The van der Waals surface area contributed by atoms with Crippen molar-refractivity contribution in [2.24, 2.45) is 0 Å². The van der Waals surface area contributed by atoms with Gasteiger partial charge >= 0.3 is 0 Å². The summed E-state index contributed by atoms with van der Waals surface area (Å²) in [6.07, 6.45) is 2.75. The molecule has 1 unspecified atom stereocenters. The van der Waals surface area contributed by atoms with Gasteiger partial charge in [0.25, 0.3) is 5.69 Å². The molecule has 7 heteroatoms. The summed E-state index contributed by atoms with van der Waals surface area (Å²) in [4.78, 5) is 24.7. The first-order chi connectivity index (χ1) is 11.0. The Kier molecular flexibility index (Phi) is 6.06. The van der Waals surface area contributed by atoms with Crippen molar-refractivity contribution in [3.63, 3.8) is 0 Å². The SMILES string of the molecule is CNC1CCCN(CCC(=O)Nc2ccc([N+](=O)[O-])cc2C)C1. The highest BCUT2D eigenvalue weighted by atomic mass is 16.6. The predicted molar refractivity (Wildman–Crippen MR) is 89.6 cm³/mol. The number of nitro groups is 1. The van der Waals surface area contributed by atoms with Crippen molar-refractivity contribution in [2.45, 2.75) is 32.2 Å². The molecule has 23 heavy (non-hydrogen) atoms. The standard InChI is InChI=1S/C16H24N4O3/c1-12-10-14(20(22)23)5-6-15(12)18-16(21)7-9-19-8-3-4-13(11-19)17-2/h5-6,10,13,17H,3-4,7-9,11H2,1-2H3,(H,18,21). The van der Waals surface area contributed by atoms with Gasteiger partial charge in [-0.1, -0.05) is 0 Å². The molecule has 2 N–H and O–H groups in total. The van der Waals surface area contributed by atoms with Crippen LogP contribution in [-0.2, 0) is 4.79 Å². The smallest absolute Gasteiger partial charge is 0.269 e. The number of likely N-dealkylation sites (tertiary alicyclic amines) is 1. The zero-order valence-corrected chi connectivity index (χ0v) is 13.7. The molecule has 1 aliphatic rings. The predicted octanol–water partition coefficient (Wildman–Crippen LogP) is 1.92. The van der Waals surface area contributed by atoms with Crippen LogP contribution in [0.25, 0.3) is 0 Å². The number of non-ortho nitro benzene ring substituents is 1. The Morgan fingerprint density at radius 1 is 1.48 bits per heavy atom. The van der Waals surface area contributed by atoms with Crippen molar-refractivity contribution in [3.05, 3.63) is 33.9 Å². The molecule has 126 valence electrons. The van der Waals surface area contributed by atoms with E-state index in [1.807, 2.05) is 7.05 Å². The molecule has 0 aromatic heterocycles. The van der Waals surface area contributed by atoms with Gasteiger partial charge in [0.15, 0.2) is 0 Å². The van der Waals surface area contributed by atoms with E-state index >= 15 is 0 Å². The van der Waals surface area contributed by atoms with Crippen LogP contribution in [-0.4, -0.2) is 48.5 Å². The third-order valence-electron chi connectivity index (χ3n) is 4.26. The van der Waals surface area contributed by atoms with Crippen molar-refractivity contribution in [1.82, 2.24) is 10.2 Å². The van der Waals surface area contributed by atoms with E-state index in [4.69, 9.17) is 0 Å². The number of hydrogen-bond acceptors (Lipinski definition) is 5. The molecule has 1 aliphatic heterocycles. The van der Waals surface area contributed by atoms with Gasteiger partial charge in [0.1, 0.15) is 0 Å². The molecule has 0 spiro atoms. The fraction of sp³-hybridized carbons (Fsp3) is 0.562. The van der Waals surface area contributed by atoms with Crippen molar-refractivity contribution >= 4 is 17.3 Å². The average molecular weight is 320 g/mol. The lowest BCUT2D eigenvalue weighted by Crippen LogP contribution is -2.45. The van der Waals surface area contributed by atoms with Crippen LogP contribution in [0.1, 0.15) is 24.8 Å². The number of nitrogens with one attached hydrogen (secondary N) is 2. The fourth-order valence-corrected chi connectivity index (χ4v) is 2.87. The van der Waals surface area contributed by atoms with Crippen LogP contribution >= 0.6 is 0 Å². The first-order valence-electron chi connectivity index (χ1n) is 7.94. The molecule has 1 atom stereocenters. The number of piperidine rings is 1. The van der Waals surface area contributed by atoms with Crippen LogP contribution in [0.5, 0.6) is 0 Å². The number of likely N-dealkylation sites (N-methyl/N-ethyl adjacent to an activating group) is 1. The number of rotatable bonds is 6. The number of carbonyl (C=O) groups excluding carboxylic acids is 1. The Hall–Kier alpha value is -1.99. The zero-order chi connectivity index (χ0) is 16.8. The quantitative estimate of drug-likeness (QED) is 0.617. The Balaban J connectivity index is 1.84. The summed E-state index contributed by atoms with van der Waals surface area (Å²) in [5.41, 5.74) is 1.36. The Morgan fingerprint density at radius 2 is 2.26 bits per heavy atom. The highest BCUT2D eigenvalue weighted by Crippen LogP contribution is 2.21. The van der Waals surface area contributed by atoms with Crippen molar-refractivity contribution < 1.29 is 9.72 Å². The van der Waals surface area contributed by atoms with E-state index in [2.05, 4.69) is 15.5 Å². The third kappa shape index (κ3) is 5.01. The lowest BCUT2D eigenvalue weighted by atomic mass is 10.1. The summed E-state index contributed by atoms with van der Waals surface area (Å²) < 4.78 is 0. The second-order valence-corrected chi connectivity index (χ2v) is 5.98. The monoisotopic (exact) mass is 320 g/mol. The van der Waals surface area contributed by atoms with Crippen LogP contribution < -0.4 is 10.6 Å². The van der Waals surface area contributed by atoms with Gasteiger partial charge in [-0.2, -0.15) is 0 Å². The minimum atomic E-state index is -0.437. The molecule has 1 fully saturated rings. The van der Waals surface area contributed by atoms with Crippen LogP contribution in [0, 0.1) is 17.0 Å². The van der Waals surface area contributed by atoms with Gasteiger partial charge in [-0.05, 0) is 45.0 Å². The summed E-state index contributed by atoms with van der Waals surface area (Å²) in [5, 5.41) is 16.8. The van der Waals surface area contributed by atoms with E-state index in [-0.39, 0.29) is 11.6 Å². The van der Waals surface area contributed by atoms with Gasteiger partial charge in [-0.3, -0.25) is 14.9 Å². The minimum Gasteiger partial charge on any atom is -0.326 e. The third-order valence-corrected chi connectivity index (χ3v) is 4.26. The molecule has 7 nitrogen and oxygen atoms in total. The Morgan fingerprint density at radius 3 is 2.91 bits per heavy atom. The van der Waals surface area contributed by atoms with Gasteiger partial charge < -0.3 is 15.5 Å². The van der Waals surface area contributed by atoms with Gasteiger partial charge in [-0.15, -0.1) is 0 Å². The van der Waals surface area contributed by atoms with Crippen LogP contribution in [0.15, 0.2) is 18.2 Å². The Bertz CT molecular complexity index is 576. The molecule has 0 radical (unpaired) electrons. The van der Waals surface area contributed by atoms with Crippen LogP contribution in [0.4, 0.5) is 11.4 Å². The number of amides is 1. The first kappa shape index (κ1) is 17.4. The van der Waals surface area contributed by atoms with Gasteiger partial charge in [-0.25, -0.2) is 0 Å². The Labute approximate surface area is 136 Å². The van der Waals surface area contributed by atoms with E-state index in [1.165, 1.54) is 18.6 Å². The summed E-state index contributed by atoms with van der Waals surface area (Å²) in [5.74, 6) is -0.0615. The molecular weight excluding hydrogens is 296 g/mol. The molecule has 1 aromatic rings. The van der Waals surface area contributed by atoms with Gasteiger partial charge in [0.05, 0.1) is 4.92 Å². The summed E-state index contributed by atoms with van der Waals surface area (Å²) >= 11 is 0. The highest BCUT2D eigenvalue weighted by molar-refractivity contribution is 5.91. The largest absolute Gasteiger partial charge is 0.326 e. The normalized spacial score (nSPS) is 18.6. The fourth-order valence-electron chi connectivity index (χ4n) is 2.87. The molecule has 1 saturated heterocycles. The second kappa shape index (κ2) is 8.03. The van der Waals surface area contributed by atoms with Gasteiger partial charge in [0, 0.05) is 43.4 Å². The number of hydrogen-bond donors (Lipinski definition) is 2. The zero-order valence-electron chi connectivity index (χ0n) is 13.7. The second-order valence-electron chi connectivity index (χ2n) is 5.98. The highest BCUT2D eigenvalue weighted by Gasteiger charge is 2.19. The average Bonchev–Trinajstić information content (AvgIpc) is 2.55. The number of anilines is 1. The minimum absolute atomic E-state index is 0.0342. The number of nitrogens with zero attached hydrogens (tertiary/aromatic N) is 2. The van der Waals surface area contributed by atoms with E-state index in [9.17, 15) is 14.9 Å². The molecular formula is C16H24N4O3. The van der Waals surface area contributed by atoms with Gasteiger partial charge in [0.2, 0.25) is 5.91 Å².